The number of hydrogen-bond donors (Lipinski definition) is 2. The first-order valence-corrected chi connectivity index (χ1v) is 7.87. The summed E-state index contributed by atoms with van der Waals surface area (Å²) in [6, 6.07) is 14.2. The second-order valence-electron chi connectivity index (χ2n) is 5.97. The van der Waals surface area contributed by atoms with Gasteiger partial charge in [-0.15, -0.1) is 0 Å². The molecule has 2 N–H and O–H groups in total. The van der Waals surface area contributed by atoms with Crippen LogP contribution in [-0.2, 0) is 18.5 Å². The van der Waals surface area contributed by atoms with Gasteiger partial charge in [0, 0.05) is 12.6 Å². The predicted octanol–water partition coefficient (Wildman–Crippen LogP) is 2.63. The minimum absolute atomic E-state index is 0.0884. The van der Waals surface area contributed by atoms with E-state index in [9.17, 15) is 5.11 Å². The third kappa shape index (κ3) is 3.05. The molecule has 2 aromatic rings. The van der Waals surface area contributed by atoms with Gasteiger partial charge in [0.05, 0.1) is 26.4 Å². The second-order valence-corrected chi connectivity index (χ2v) is 5.97. The van der Waals surface area contributed by atoms with Crippen LogP contribution in [0.15, 0.2) is 42.5 Å². The van der Waals surface area contributed by atoms with Crippen LogP contribution in [-0.4, -0.2) is 25.9 Å². The van der Waals surface area contributed by atoms with E-state index in [1.165, 1.54) is 11.1 Å². The number of benzene rings is 2. The average molecular weight is 313 g/mol. The topological polar surface area (TPSA) is 50.7 Å². The van der Waals surface area contributed by atoms with Crippen molar-refractivity contribution in [2.45, 2.75) is 24.9 Å². The molecule has 1 atom stereocenters. The van der Waals surface area contributed by atoms with Gasteiger partial charge in [-0.3, -0.25) is 0 Å². The van der Waals surface area contributed by atoms with Crippen LogP contribution in [0.5, 0.6) is 11.5 Å². The number of aryl methyl sites for hydroxylation is 1. The molecule has 0 aromatic heterocycles. The molecule has 2 aromatic carbocycles. The number of ether oxygens (including phenoxy) is 2. The van der Waals surface area contributed by atoms with E-state index in [1.54, 1.807) is 14.2 Å². The van der Waals surface area contributed by atoms with Gasteiger partial charge in [-0.1, -0.05) is 24.3 Å². The van der Waals surface area contributed by atoms with Crippen molar-refractivity contribution in [3.05, 3.63) is 59.2 Å². The number of methoxy groups -OCH3 is 2. The smallest absolute Gasteiger partial charge is 0.122 e. The summed E-state index contributed by atoms with van der Waals surface area (Å²) < 4.78 is 10.6. The first kappa shape index (κ1) is 15.8. The Labute approximate surface area is 137 Å². The van der Waals surface area contributed by atoms with Crippen LogP contribution in [0.2, 0.25) is 0 Å². The highest BCUT2D eigenvalue weighted by molar-refractivity contribution is 5.41. The monoisotopic (exact) mass is 313 g/mol. The molecule has 0 unspecified atom stereocenters. The molecule has 0 spiro atoms. The van der Waals surface area contributed by atoms with Crippen LogP contribution in [0.3, 0.4) is 0 Å². The first-order chi connectivity index (χ1) is 11.2. The summed E-state index contributed by atoms with van der Waals surface area (Å²) in [4.78, 5) is 0. The lowest BCUT2D eigenvalue weighted by Gasteiger charge is -2.30. The predicted molar refractivity (Wildman–Crippen MR) is 89.9 cm³/mol. The number of aliphatic hydroxyl groups is 1. The van der Waals surface area contributed by atoms with Gasteiger partial charge in [-0.05, 0) is 41.7 Å². The van der Waals surface area contributed by atoms with E-state index in [0.717, 1.165) is 29.9 Å². The van der Waals surface area contributed by atoms with Crippen molar-refractivity contribution < 1.29 is 14.6 Å². The Morgan fingerprint density at radius 2 is 1.78 bits per heavy atom. The molecule has 4 heteroatoms. The van der Waals surface area contributed by atoms with Crippen molar-refractivity contribution in [2.24, 2.45) is 0 Å². The Balaban J connectivity index is 1.82. The third-order valence-corrected chi connectivity index (χ3v) is 4.67. The summed E-state index contributed by atoms with van der Waals surface area (Å²) in [6.45, 7) is 0.730. The largest absolute Gasteiger partial charge is 0.497 e. The van der Waals surface area contributed by atoms with Crippen molar-refractivity contribution >= 4 is 0 Å². The van der Waals surface area contributed by atoms with Crippen molar-refractivity contribution in [3.8, 4) is 11.5 Å². The van der Waals surface area contributed by atoms with Gasteiger partial charge < -0.3 is 19.9 Å². The lowest BCUT2D eigenvalue weighted by Crippen LogP contribution is -2.43. The van der Waals surface area contributed by atoms with E-state index < -0.39 is 0 Å². The zero-order valence-corrected chi connectivity index (χ0v) is 13.6. The minimum Gasteiger partial charge on any atom is -0.497 e. The molecular weight excluding hydrogens is 290 g/mol. The zero-order chi connectivity index (χ0) is 16.3. The van der Waals surface area contributed by atoms with E-state index in [-0.39, 0.29) is 12.1 Å². The lowest BCUT2D eigenvalue weighted by atomic mass is 9.92. The molecule has 3 rings (SSSR count). The molecule has 1 aliphatic carbocycles. The lowest BCUT2D eigenvalue weighted by molar-refractivity contribution is 0.159. The van der Waals surface area contributed by atoms with Gasteiger partial charge in [-0.2, -0.15) is 0 Å². The molecule has 0 aliphatic heterocycles. The molecule has 1 aliphatic rings. The summed E-state index contributed by atoms with van der Waals surface area (Å²) >= 11 is 0. The minimum atomic E-state index is -0.368. The Morgan fingerprint density at radius 1 is 1.09 bits per heavy atom. The van der Waals surface area contributed by atoms with Gasteiger partial charge >= 0.3 is 0 Å². The van der Waals surface area contributed by atoms with Gasteiger partial charge in [0.2, 0.25) is 0 Å². The van der Waals surface area contributed by atoms with Gasteiger partial charge in [0.15, 0.2) is 0 Å². The molecule has 23 heavy (non-hydrogen) atoms. The average Bonchev–Trinajstić information content (AvgIpc) is 2.99. The van der Waals surface area contributed by atoms with Crippen LogP contribution in [0.1, 0.15) is 23.1 Å². The van der Waals surface area contributed by atoms with Gasteiger partial charge in [0.25, 0.3) is 0 Å². The molecule has 0 saturated carbocycles. The first-order valence-electron chi connectivity index (χ1n) is 7.87. The molecule has 0 fully saturated rings. The SMILES string of the molecule is COc1cc(CN[C@]2(CO)CCc3ccccc32)cc(OC)c1. The molecule has 4 nitrogen and oxygen atoms in total. The molecule has 0 radical (unpaired) electrons. The fraction of sp³-hybridized carbons (Fsp3) is 0.368. The van der Waals surface area contributed by atoms with Crippen molar-refractivity contribution in [1.29, 1.82) is 0 Å². The maximum Gasteiger partial charge on any atom is 0.122 e. The zero-order valence-electron chi connectivity index (χ0n) is 13.6. The number of fused-ring (bicyclic) bond motifs is 1. The number of nitrogens with one attached hydrogen (secondary N) is 1. The van der Waals surface area contributed by atoms with Crippen LogP contribution < -0.4 is 14.8 Å². The Morgan fingerprint density at radius 3 is 2.43 bits per heavy atom. The Kier molecular flexibility index (Phi) is 4.55. The Bertz CT molecular complexity index is 664. The molecule has 0 heterocycles. The fourth-order valence-electron chi connectivity index (χ4n) is 3.33. The number of aliphatic hydroxyl groups excluding tert-OH is 1. The number of rotatable bonds is 6. The summed E-state index contributed by atoms with van der Waals surface area (Å²) in [7, 11) is 3.29. The molecule has 0 saturated heterocycles. The van der Waals surface area contributed by atoms with E-state index in [2.05, 4.69) is 23.5 Å². The quantitative estimate of drug-likeness (QED) is 0.861. The normalized spacial score (nSPS) is 19.4. The van der Waals surface area contributed by atoms with Crippen LogP contribution in [0, 0.1) is 0 Å². The van der Waals surface area contributed by atoms with E-state index in [4.69, 9.17) is 9.47 Å². The van der Waals surface area contributed by atoms with Crippen LogP contribution >= 0.6 is 0 Å². The molecule has 122 valence electrons. The van der Waals surface area contributed by atoms with Crippen molar-refractivity contribution in [2.75, 3.05) is 20.8 Å². The van der Waals surface area contributed by atoms with E-state index in [0.29, 0.717) is 6.54 Å². The van der Waals surface area contributed by atoms with E-state index >= 15 is 0 Å². The number of hydrogen-bond acceptors (Lipinski definition) is 4. The highest BCUT2D eigenvalue weighted by atomic mass is 16.5. The van der Waals surface area contributed by atoms with Crippen molar-refractivity contribution in [1.82, 2.24) is 5.32 Å². The highest BCUT2D eigenvalue weighted by Crippen LogP contribution is 2.37. The summed E-state index contributed by atoms with van der Waals surface area (Å²) in [5.74, 6) is 1.54. The highest BCUT2D eigenvalue weighted by Gasteiger charge is 2.37. The molecule has 0 bridgehead atoms. The van der Waals surface area contributed by atoms with Crippen LogP contribution in [0.25, 0.3) is 0 Å². The maximum absolute atomic E-state index is 10.0. The van der Waals surface area contributed by atoms with Crippen LogP contribution in [0.4, 0.5) is 0 Å². The third-order valence-electron chi connectivity index (χ3n) is 4.67. The Hall–Kier alpha value is -2.04. The fourth-order valence-corrected chi connectivity index (χ4v) is 3.33. The van der Waals surface area contributed by atoms with Crippen molar-refractivity contribution in [3.63, 3.8) is 0 Å². The summed E-state index contributed by atoms with van der Waals surface area (Å²) in [6.07, 6.45) is 1.90. The molecular formula is C19H23NO3. The standard InChI is InChI=1S/C19H23NO3/c1-22-16-9-14(10-17(11-16)23-2)12-20-19(13-21)8-7-15-5-3-4-6-18(15)19/h3-6,9-11,20-21H,7-8,12-13H2,1-2H3/t19-/m0/s1. The van der Waals surface area contributed by atoms with Gasteiger partial charge in [0.1, 0.15) is 11.5 Å². The maximum atomic E-state index is 10.0. The molecule has 0 amide bonds. The summed E-state index contributed by atoms with van der Waals surface area (Å²) in [5.41, 5.74) is 3.22. The van der Waals surface area contributed by atoms with E-state index in [1.807, 2.05) is 24.3 Å². The van der Waals surface area contributed by atoms with Gasteiger partial charge in [-0.25, -0.2) is 0 Å². The second kappa shape index (κ2) is 6.60. The summed E-state index contributed by atoms with van der Waals surface area (Å²) in [5, 5.41) is 13.6.